The standard InChI is InChI=1S/C24H27ClN4OS/c1-17-22(27-23(29-28-17)31-16-19-7-11-21(25)12-8-19)13-14-26-30-15-18-5-9-20(10-6-18)24(2,3)4/h5-12,14H,13,15-16H2,1-4H3. The number of aryl methyl sites for hydroxylation is 1. The van der Waals surface area contributed by atoms with E-state index >= 15 is 0 Å². The van der Waals surface area contributed by atoms with Crippen molar-refractivity contribution in [3.05, 3.63) is 81.6 Å². The average molecular weight is 455 g/mol. The predicted octanol–water partition coefficient (Wildman–Crippen LogP) is 6.17. The van der Waals surface area contributed by atoms with Gasteiger partial charge in [0.15, 0.2) is 0 Å². The van der Waals surface area contributed by atoms with Crippen molar-refractivity contribution in [1.29, 1.82) is 0 Å². The molecular formula is C24H27ClN4OS. The Morgan fingerprint density at radius 3 is 2.35 bits per heavy atom. The molecule has 0 saturated carbocycles. The zero-order valence-electron chi connectivity index (χ0n) is 18.3. The minimum atomic E-state index is 0.146. The summed E-state index contributed by atoms with van der Waals surface area (Å²) in [5, 5.41) is 13.8. The lowest BCUT2D eigenvalue weighted by Gasteiger charge is -2.18. The van der Waals surface area contributed by atoms with Gasteiger partial charge < -0.3 is 4.84 Å². The first-order valence-corrected chi connectivity index (χ1v) is 11.5. The first-order valence-electron chi connectivity index (χ1n) is 10.1. The van der Waals surface area contributed by atoms with Crippen LogP contribution in [0, 0.1) is 6.92 Å². The van der Waals surface area contributed by atoms with Crippen LogP contribution in [0.25, 0.3) is 0 Å². The summed E-state index contributed by atoms with van der Waals surface area (Å²) in [4.78, 5) is 10.1. The number of halogens is 1. The Morgan fingerprint density at radius 1 is 1.00 bits per heavy atom. The number of nitrogens with zero attached hydrogens (tertiary/aromatic N) is 4. The Hall–Kier alpha value is -2.44. The first kappa shape index (κ1) is 23.2. The molecule has 0 N–H and O–H groups in total. The minimum absolute atomic E-state index is 0.146. The molecule has 3 aromatic rings. The number of rotatable bonds is 8. The Bertz CT molecular complexity index is 1020. The highest BCUT2D eigenvalue weighted by atomic mass is 35.5. The molecule has 2 aromatic carbocycles. The van der Waals surface area contributed by atoms with Gasteiger partial charge in [0, 0.05) is 23.4 Å². The molecule has 0 atom stereocenters. The molecule has 1 heterocycles. The molecule has 0 spiro atoms. The van der Waals surface area contributed by atoms with Gasteiger partial charge >= 0.3 is 0 Å². The second-order valence-electron chi connectivity index (χ2n) is 8.25. The monoisotopic (exact) mass is 454 g/mol. The van der Waals surface area contributed by atoms with Crippen molar-refractivity contribution in [2.45, 2.75) is 57.0 Å². The van der Waals surface area contributed by atoms with Crippen LogP contribution < -0.4 is 0 Å². The highest BCUT2D eigenvalue weighted by molar-refractivity contribution is 7.98. The molecule has 0 fully saturated rings. The van der Waals surface area contributed by atoms with E-state index in [1.807, 2.05) is 31.2 Å². The van der Waals surface area contributed by atoms with Crippen LogP contribution in [0.3, 0.4) is 0 Å². The lowest BCUT2D eigenvalue weighted by Crippen LogP contribution is -2.10. The Morgan fingerprint density at radius 2 is 1.68 bits per heavy atom. The second kappa shape index (κ2) is 10.7. The number of oxime groups is 1. The van der Waals surface area contributed by atoms with Crippen LogP contribution in [-0.4, -0.2) is 21.4 Å². The van der Waals surface area contributed by atoms with E-state index in [0.717, 1.165) is 33.3 Å². The summed E-state index contributed by atoms with van der Waals surface area (Å²) >= 11 is 7.47. The van der Waals surface area contributed by atoms with Gasteiger partial charge in [-0.1, -0.05) is 85.7 Å². The molecule has 0 saturated heterocycles. The molecule has 0 radical (unpaired) electrons. The largest absolute Gasteiger partial charge is 0.391 e. The molecule has 0 bridgehead atoms. The van der Waals surface area contributed by atoms with E-state index in [9.17, 15) is 0 Å². The fraction of sp³-hybridized carbons (Fsp3) is 0.333. The van der Waals surface area contributed by atoms with Gasteiger partial charge in [-0.2, -0.15) is 5.10 Å². The Labute approximate surface area is 193 Å². The number of hydrogen-bond acceptors (Lipinski definition) is 6. The first-order chi connectivity index (χ1) is 14.8. The van der Waals surface area contributed by atoms with Crippen molar-refractivity contribution >= 4 is 29.6 Å². The van der Waals surface area contributed by atoms with Crippen molar-refractivity contribution in [3.63, 3.8) is 0 Å². The molecule has 162 valence electrons. The highest BCUT2D eigenvalue weighted by Gasteiger charge is 2.12. The van der Waals surface area contributed by atoms with Gasteiger partial charge in [-0.15, -0.1) is 5.10 Å². The third-order valence-corrected chi connectivity index (χ3v) is 5.86. The van der Waals surface area contributed by atoms with Crippen molar-refractivity contribution in [1.82, 2.24) is 15.2 Å². The van der Waals surface area contributed by atoms with Crippen molar-refractivity contribution in [2.24, 2.45) is 5.16 Å². The van der Waals surface area contributed by atoms with Gasteiger partial charge in [-0.25, -0.2) is 4.98 Å². The molecule has 3 rings (SSSR count). The molecular weight excluding hydrogens is 428 g/mol. The number of thioether (sulfide) groups is 1. The summed E-state index contributed by atoms with van der Waals surface area (Å²) in [5.74, 6) is 0.757. The van der Waals surface area contributed by atoms with Gasteiger partial charge in [0.2, 0.25) is 5.16 Å². The SMILES string of the molecule is Cc1nnc(SCc2ccc(Cl)cc2)nc1CC=NOCc1ccc(C(C)(C)C)cc1. The van der Waals surface area contributed by atoms with Gasteiger partial charge in [0.1, 0.15) is 6.61 Å². The van der Waals surface area contributed by atoms with Gasteiger partial charge in [0.05, 0.1) is 11.4 Å². The quantitative estimate of drug-likeness (QED) is 0.231. The average Bonchev–Trinajstić information content (AvgIpc) is 2.74. The smallest absolute Gasteiger partial charge is 0.209 e. The molecule has 0 amide bonds. The summed E-state index contributed by atoms with van der Waals surface area (Å²) in [6, 6.07) is 16.2. The van der Waals surface area contributed by atoms with E-state index in [1.165, 1.54) is 5.56 Å². The van der Waals surface area contributed by atoms with Gasteiger partial charge in [-0.05, 0) is 41.2 Å². The van der Waals surface area contributed by atoms with Gasteiger partial charge in [0.25, 0.3) is 0 Å². The van der Waals surface area contributed by atoms with Crippen molar-refractivity contribution in [3.8, 4) is 0 Å². The molecule has 0 unspecified atom stereocenters. The third-order valence-electron chi connectivity index (χ3n) is 4.70. The minimum Gasteiger partial charge on any atom is -0.391 e. The summed E-state index contributed by atoms with van der Waals surface area (Å²) in [5.41, 5.74) is 5.33. The lowest BCUT2D eigenvalue weighted by atomic mass is 9.87. The highest BCUT2D eigenvalue weighted by Crippen LogP contribution is 2.22. The Balaban J connectivity index is 1.49. The van der Waals surface area contributed by atoms with E-state index in [0.29, 0.717) is 18.2 Å². The van der Waals surface area contributed by atoms with Crippen molar-refractivity contribution < 1.29 is 4.84 Å². The molecule has 7 heteroatoms. The van der Waals surface area contributed by atoms with Crippen LogP contribution >= 0.6 is 23.4 Å². The zero-order valence-corrected chi connectivity index (χ0v) is 19.9. The maximum Gasteiger partial charge on any atom is 0.209 e. The predicted molar refractivity (Wildman–Crippen MR) is 128 cm³/mol. The van der Waals surface area contributed by atoms with E-state index in [4.69, 9.17) is 16.4 Å². The topological polar surface area (TPSA) is 60.3 Å². The molecule has 0 aliphatic rings. The summed E-state index contributed by atoms with van der Waals surface area (Å²) < 4.78 is 0. The number of benzene rings is 2. The normalized spacial score (nSPS) is 11.8. The lowest BCUT2D eigenvalue weighted by molar-refractivity contribution is 0.131. The summed E-state index contributed by atoms with van der Waals surface area (Å²) in [6.07, 6.45) is 2.26. The van der Waals surface area contributed by atoms with E-state index in [2.05, 4.69) is 65.4 Å². The summed E-state index contributed by atoms with van der Waals surface area (Å²) in [6.45, 7) is 8.94. The Kier molecular flexibility index (Phi) is 8.04. The number of hydrogen-bond donors (Lipinski definition) is 0. The van der Waals surface area contributed by atoms with Crippen LogP contribution in [-0.2, 0) is 29.0 Å². The van der Waals surface area contributed by atoms with E-state index in [-0.39, 0.29) is 5.41 Å². The van der Waals surface area contributed by atoms with Gasteiger partial charge in [-0.3, -0.25) is 0 Å². The molecule has 0 aliphatic carbocycles. The maximum atomic E-state index is 5.93. The maximum absolute atomic E-state index is 5.93. The molecule has 1 aromatic heterocycles. The summed E-state index contributed by atoms with van der Waals surface area (Å²) in [7, 11) is 0. The molecule has 5 nitrogen and oxygen atoms in total. The van der Waals surface area contributed by atoms with E-state index < -0.39 is 0 Å². The third kappa shape index (κ3) is 7.33. The van der Waals surface area contributed by atoms with Crippen molar-refractivity contribution in [2.75, 3.05) is 0 Å². The number of aromatic nitrogens is 3. The molecule has 31 heavy (non-hydrogen) atoms. The van der Waals surface area contributed by atoms with E-state index in [1.54, 1.807) is 18.0 Å². The van der Waals surface area contributed by atoms with Crippen LogP contribution in [0.5, 0.6) is 0 Å². The van der Waals surface area contributed by atoms with Crippen LogP contribution in [0.4, 0.5) is 0 Å². The van der Waals surface area contributed by atoms with Crippen LogP contribution in [0.1, 0.15) is 48.8 Å². The molecule has 0 aliphatic heterocycles. The fourth-order valence-corrected chi connectivity index (χ4v) is 3.65. The zero-order chi connectivity index (χ0) is 22.3. The van der Waals surface area contributed by atoms with Crippen LogP contribution in [0.2, 0.25) is 5.02 Å². The fourth-order valence-electron chi connectivity index (χ4n) is 2.77. The van der Waals surface area contributed by atoms with Crippen LogP contribution in [0.15, 0.2) is 58.8 Å². The second-order valence-corrected chi connectivity index (χ2v) is 9.63.